The van der Waals surface area contributed by atoms with Crippen LogP contribution in [0.2, 0.25) is 0 Å². The van der Waals surface area contributed by atoms with Crippen LogP contribution in [0.1, 0.15) is 73.1 Å². The quantitative estimate of drug-likeness (QED) is 0.187. The number of fused-ring (bicyclic) bond motifs is 2. The Balaban J connectivity index is 1.84. The van der Waals surface area contributed by atoms with E-state index >= 15 is 0 Å². The van der Waals surface area contributed by atoms with Crippen molar-refractivity contribution in [2.45, 2.75) is 51.4 Å². The average Bonchev–Trinajstić information content (AvgIpc) is 2.83. The second kappa shape index (κ2) is 9.18. The van der Waals surface area contributed by atoms with E-state index in [1.54, 1.807) is 24.3 Å². The summed E-state index contributed by atoms with van der Waals surface area (Å²) >= 11 is 0. The van der Waals surface area contributed by atoms with Crippen molar-refractivity contribution >= 4 is 34.4 Å². The average molecular weight is 469 g/mol. The standard InChI is InChI=1S/C31H32O4/c1-30(2)13-14-31(3,4)27-19-25-16-20(9-10-23(25)18-26(27)30)15-22(11-12-28(32)33)21-7-6-8-24(17-21)29(34)35-5/h6-12,15-19H,13-14H2,1-5H3,(H,32,33)/b12-11?,22-15-. The molecule has 4 nitrogen and oxygen atoms in total. The van der Waals surface area contributed by atoms with Crippen molar-refractivity contribution in [2.24, 2.45) is 0 Å². The Hall–Kier alpha value is -3.66. The highest BCUT2D eigenvalue weighted by atomic mass is 16.5. The fourth-order valence-electron chi connectivity index (χ4n) is 4.93. The van der Waals surface area contributed by atoms with Crippen LogP contribution in [0.3, 0.4) is 0 Å². The molecule has 0 aromatic heterocycles. The van der Waals surface area contributed by atoms with Gasteiger partial charge in [0.2, 0.25) is 0 Å². The minimum Gasteiger partial charge on any atom is -0.478 e. The number of carbonyl (C=O) groups excluding carboxylic acids is 1. The smallest absolute Gasteiger partial charge is 0.337 e. The zero-order valence-corrected chi connectivity index (χ0v) is 21.0. The minimum atomic E-state index is -1.03. The molecule has 0 radical (unpaired) electrons. The van der Waals surface area contributed by atoms with Gasteiger partial charge in [0, 0.05) is 6.08 Å². The summed E-state index contributed by atoms with van der Waals surface area (Å²) in [7, 11) is 1.34. The van der Waals surface area contributed by atoms with Crippen LogP contribution in [0.5, 0.6) is 0 Å². The van der Waals surface area contributed by atoms with Gasteiger partial charge in [-0.15, -0.1) is 0 Å². The molecule has 0 fully saturated rings. The number of ether oxygens (including phenoxy) is 1. The third kappa shape index (κ3) is 5.07. The van der Waals surface area contributed by atoms with E-state index in [4.69, 9.17) is 4.74 Å². The summed E-state index contributed by atoms with van der Waals surface area (Å²) in [5, 5.41) is 11.6. The van der Waals surface area contributed by atoms with E-state index in [1.807, 2.05) is 12.1 Å². The Kier molecular flexibility index (Phi) is 6.42. The van der Waals surface area contributed by atoms with Crippen molar-refractivity contribution in [3.63, 3.8) is 0 Å². The van der Waals surface area contributed by atoms with Gasteiger partial charge in [0.15, 0.2) is 0 Å². The molecule has 1 aliphatic rings. The van der Waals surface area contributed by atoms with E-state index in [0.717, 1.165) is 29.0 Å². The predicted octanol–water partition coefficient (Wildman–Crippen LogP) is 7.16. The number of rotatable bonds is 5. The molecular formula is C31H32O4. The van der Waals surface area contributed by atoms with Gasteiger partial charge in [-0.3, -0.25) is 0 Å². The first-order valence-electron chi connectivity index (χ1n) is 11.9. The van der Waals surface area contributed by atoms with Gasteiger partial charge in [-0.05, 0) is 92.6 Å². The van der Waals surface area contributed by atoms with E-state index < -0.39 is 11.9 Å². The number of carboxylic acids is 1. The van der Waals surface area contributed by atoms with Gasteiger partial charge in [0.1, 0.15) is 0 Å². The van der Waals surface area contributed by atoms with Crippen molar-refractivity contribution < 1.29 is 19.4 Å². The molecule has 0 spiro atoms. The highest BCUT2D eigenvalue weighted by molar-refractivity contribution is 5.96. The van der Waals surface area contributed by atoms with Crippen molar-refractivity contribution in [2.75, 3.05) is 7.11 Å². The maximum Gasteiger partial charge on any atom is 0.337 e. The van der Waals surface area contributed by atoms with Crippen molar-refractivity contribution in [3.05, 3.63) is 94.6 Å². The van der Waals surface area contributed by atoms with Gasteiger partial charge in [-0.2, -0.15) is 0 Å². The first kappa shape index (κ1) is 24.5. The zero-order valence-electron chi connectivity index (χ0n) is 21.0. The molecule has 4 heteroatoms. The van der Waals surface area contributed by atoms with Gasteiger partial charge in [-0.25, -0.2) is 9.59 Å². The first-order valence-corrected chi connectivity index (χ1v) is 11.9. The van der Waals surface area contributed by atoms with E-state index in [0.29, 0.717) is 11.1 Å². The molecule has 0 bridgehead atoms. The molecule has 0 amide bonds. The van der Waals surface area contributed by atoms with Gasteiger partial charge >= 0.3 is 11.9 Å². The predicted molar refractivity (Wildman–Crippen MR) is 142 cm³/mol. The summed E-state index contributed by atoms with van der Waals surface area (Å²) in [5.74, 6) is -1.47. The maximum absolute atomic E-state index is 12.0. The summed E-state index contributed by atoms with van der Waals surface area (Å²) < 4.78 is 4.84. The number of carboxylic acid groups (broad SMARTS) is 1. The number of carbonyl (C=O) groups is 2. The molecule has 1 aliphatic carbocycles. The molecule has 0 saturated heterocycles. The molecule has 0 aliphatic heterocycles. The lowest BCUT2D eigenvalue weighted by Gasteiger charge is -2.42. The molecule has 3 aromatic rings. The Bertz CT molecular complexity index is 1370. The third-order valence-electron chi connectivity index (χ3n) is 7.18. The molecule has 0 saturated carbocycles. The van der Waals surface area contributed by atoms with E-state index in [1.165, 1.54) is 30.0 Å². The Morgan fingerprint density at radius 3 is 2.09 bits per heavy atom. The van der Waals surface area contributed by atoms with Gasteiger partial charge in [0.05, 0.1) is 12.7 Å². The number of benzene rings is 3. The minimum absolute atomic E-state index is 0.120. The lowest BCUT2D eigenvalue weighted by molar-refractivity contribution is -0.131. The Labute approximate surface area is 206 Å². The van der Waals surface area contributed by atoms with Crippen molar-refractivity contribution in [3.8, 4) is 0 Å². The Morgan fingerprint density at radius 1 is 0.829 bits per heavy atom. The van der Waals surface area contributed by atoms with Crippen LogP contribution >= 0.6 is 0 Å². The van der Waals surface area contributed by atoms with E-state index in [-0.39, 0.29) is 10.8 Å². The van der Waals surface area contributed by atoms with E-state index in [2.05, 4.69) is 58.0 Å². The largest absolute Gasteiger partial charge is 0.478 e. The summed E-state index contributed by atoms with van der Waals surface area (Å²) in [6.07, 6.45) is 6.94. The molecule has 1 N–H and O–H groups in total. The number of hydrogen-bond donors (Lipinski definition) is 1. The van der Waals surface area contributed by atoms with Crippen LogP contribution in [0.4, 0.5) is 0 Å². The third-order valence-corrected chi connectivity index (χ3v) is 7.18. The highest BCUT2D eigenvalue weighted by Crippen LogP contribution is 2.47. The molecule has 0 heterocycles. The SMILES string of the molecule is COC(=O)c1cccc(/C(C=CC(=O)O)=C\c2ccc3cc4c(cc3c2)C(C)(C)CCC4(C)C)c1. The van der Waals surface area contributed by atoms with Crippen LogP contribution < -0.4 is 0 Å². The topological polar surface area (TPSA) is 63.6 Å². The summed E-state index contributed by atoms with van der Waals surface area (Å²) in [5.41, 5.74) is 5.89. The molecule has 180 valence electrons. The number of esters is 1. The number of aliphatic carboxylic acids is 1. The van der Waals surface area contributed by atoms with Gasteiger partial charge in [-0.1, -0.05) is 64.1 Å². The van der Waals surface area contributed by atoms with E-state index in [9.17, 15) is 14.7 Å². The number of allylic oxidation sites excluding steroid dienone is 2. The lowest BCUT2D eigenvalue weighted by Crippen LogP contribution is -2.33. The van der Waals surface area contributed by atoms with Crippen molar-refractivity contribution in [1.29, 1.82) is 0 Å². The van der Waals surface area contributed by atoms with Gasteiger partial charge in [0.25, 0.3) is 0 Å². The van der Waals surface area contributed by atoms with Crippen LogP contribution in [0, 0.1) is 0 Å². The normalized spacial score (nSPS) is 16.8. The first-order chi connectivity index (χ1) is 16.5. The zero-order chi connectivity index (χ0) is 25.4. The summed E-state index contributed by atoms with van der Waals surface area (Å²) in [6, 6.07) is 18.0. The fraction of sp³-hybridized carbons (Fsp3) is 0.290. The van der Waals surface area contributed by atoms with Crippen molar-refractivity contribution in [1.82, 2.24) is 0 Å². The maximum atomic E-state index is 12.0. The molecule has 0 unspecified atom stereocenters. The molecular weight excluding hydrogens is 436 g/mol. The summed E-state index contributed by atoms with van der Waals surface area (Å²) in [6.45, 7) is 9.29. The number of methoxy groups -OCH3 is 1. The van der Waals surface area contributed by atoms with Crippen LogP contribution in [-0.4, -0.2) is 24.2 Å². The highest BCUT2D eigenvalue weighted by Gasteiger charge is 2.37. The number of hydrogen-bond acceptors (Lipinski definition) is 3. The molecule has 4 rings (SSSR count). The molecule has 0 atom stereocenters. The Morgan fingerprint density at radius 2 is 1.46 bits per heavy atom. The molecule has 3 aromatic carbocycles. The van der Waals surface area contributed by atoms with Gasteiger partial charge < -0.3 is 9.84 Å². The second-order valence-electron chi connectivity index (χ2n) is 10.6. The monoisotopic (exact) mass is 468 g/mol. The molecule has 35 heavy (non-hydrogen) atoms. The lowest BCUT2D eigenvalue weighted by atomic mass is 9.63. The summed E-state index contributed by atoms with van der Waals surface area (Å²) in [4.78, 5) is 23.3. The second-order valence-corrected chi connectivity index (χ2v) is 10.6. The van der Waals surface area contributed by atoms with Crippen LogP contribution in [-0.2, 0) is 20.4 Å². The fourth-order valence-corrected chi connectivity index (χ4v) is 4.93. The van der Waals surface area contributed by atoms with Crippen LogP contribution in [0.15, 0.2) is 66.7 Å². The van der Waals surface area contributed by atoms with Crippen LogP contribution in [0.25, 0.3) is 22.4 Å².